The van der Waals surface area contributed by atoms with Crippen LogP contribution in [-0.2, 0) is 0 Å². The van der Waals surface area contributed by atoms with Crippen LogP contribution in [0.2, 0.25) is 0 Å². The molecule has 0 spiro atoms. The molecule has 0 saturated heterocycles. The average molecular weight is 252 g/mol. The Labute approximate surface area is 114 Å². The summed E-state index contributed by atoms with van der Waals surface area (Å²) in [6, 6.07) is 0.294. The van der Waals surface area contributed by atoms with Crippen molar-refractivity contribution in [2.45, 2.75) is 59.4 Å². The third kappa shape index (κ3) is 9.43. The summed E-state index contributed by atoms with van der Waals surface area (Å²) in [5.74, 6) is 0.563. The van der Waals surface area contributed by atoms with E-state index in [9.17, 15) is 0 Å². The van der Waals surface area contributed by atoms with Gasteiger partial charge in [0.2, 0.25) is 0 Å². The molecule has 2 heteroatoms. The number of rotatable bonds is 9. The lowest BCUT2D eigenvalue weighted by Crippen LogP contribution is -2.25. The normalized spacial score (nSPS) is 15.1. The number of hydrogen-bond acceptors (Lipinski definition) is 2. The minimum absolute atomic E-state index is 0.233. The topological polar surface area (TPSA) is 52.0 Å². The standard InChI is InChI=1S/C16H32N2/c1-14(2)15(18)11-9-7-5-6-8-10-12-16(3,4)13-17/h7-10,14-15H,5-6,11-13,17-18H2,1-4H3. The average Bonchev–Trinajstić information content (AvgIpc) is 2.32. The molecule has 1 unspecified atom stereocenters. The molecule has 0 aromatic carbocycles. The van der Waals surface area contributed by atoms with Crippen LogP contribution in [0.15, 0.2) is 24.3 Å². The van der Waals surface area contributed by atoms with Gasteiger partial charge in [0.05, 0.1) is 0 Å². The van der Waals surface area contributed by atoms with Crippen molar-refractivity contribution in [3.05, 3.63) is 24.3 Å². The molecule has 18 heavy (non-hydrogen) atoms. The van der Waals surface area contributed by atoms with Gasteiger partial charge in [-0.1, -0.05) is 52.0 Å². The summed E-state index contributed by atoms with van der Waals surface area (Å²) < 4.78 is 0. The van der Waals surface area contributed by atoms with Crippen LogP contribution in [0, 0.1) is 11.3 Å². The van der Waals surface area contributed by atoms with Crippen molar-refractivity contribution in [3.8, 4) is 0 Å². The van der Waals surface area contributed by atoms with Crippen LogP contribution in [0.4, 0.5) is 0 Å². The van der Waals surface area contributed by atoms with Crippen LogP contribution in [0.3, 0.4) is 0 Å². The molecular formula is C16H32N2. The first-order chi connectivity index (χ1) is 8.39. The summed E-state index contributed by atoms with van der Waals surface area (Å²) in [5, 5.41) is 0. The van der Waals surface area contributed by atoms with E-state index in [0.29, 0.717) is 12.0 Å². The van der Waals surface area contributed by atoms with Crippen LogP contribution in [0.1, 0.15) is 53.4 Å². The molecule has 0 aromatic heterocycles. The van der Waals surface area contributed by atoms with E-state index in [0.717, 1.165) is 32.2 Å². The number of allylic oxidation sites excluding steroid dienone is 3. The molecule has 4 N–H and O–H groups in total. The Kier molecular flexibility index (Phi) is 9.03. The Hall–Kier alpha value is -0.600. The summed E-state index contributed by atoms with van der Waals surface area (Å²) >= 11 is 0. The Morgan fingerprint density at radius 1 is 1.00 bits per heavy atom. The molecule has 0 amide bonds. The molecule has 0 rings (SSSR count). The molecule has 0 aliphatic carbocycles. The highest BCUT2D eigenvalue weighted by Gasteiger charge is 2.12. The third-order valence-corrected chi connectivity index (χ3v) is 3.32. The molecule has 2 nitrogen and oxygen atoms in total. The summed E-state index contributed by atoms with van der Waals surface area (Å²) in [6.45, 7) is 9.47. The highest BCUT2D eigenvalue weighted by molar-refractivity contribution is 4.92. The number of nitrogens with two attached hydrogens (primary N) is 2. The zero-order chi connectivity index (χ0) is 14.0. The zero-order valence-corrected chi connectivity index (χ0v) is 12.7. The maximum absolute atomic E-state index is 5.97. The van der Waals surface area contributed by atoms with Crippen LogP contribution in [0.5, 0.6) is 0 Å². The van der Waals surface area contributed by atoms with Gasteiger partial charge in [-0.05, 0) is 43.6 Å². The van der Waals surface area contributed by atoms with E-state index in [1.54, 1.807) is 0 Å². The van der Waals surface area contributed by atoms with Crippen molar-refractivity contribution in [2.75, 3.05) is 6.54 Å². The van der Waals surface area contributed by atoms with Crippen LogP contribution in [0.25, 0.3) is 0 Å². The largest absolute Gasteiger partial charge is 0.330 e. The first kappa shape index (κ1) is 17.4. The molecule has 106 valence electrons. The monoisotopic (exact) mass is 252 g/mol. The lowest BCUT2D eigenvalue weighted by atomic mass is 9.89. The maximum Gasteiger partial charge on any atom is 0.00966 e. The Bertz CT molecular complexity index is 252. The minimum Gasteiger partial charge on any atom is -0.330 e. The van der Waals surface area contributed by atoms with Crippen LogP contribution in [-0.4, -0.2) is 12.6 Å². The van der Waals surface area contributed by atoms with Crippen LogP contribution < -0.4 is 11.5 Å². The quantitative estimate of drug-likeness (QED) is 0.486. The second-order valence-electron chi connectivity index (χ2n) is 6.24. The van der Waals surface area contributed by atoms with Gasteiger partial charge in [0, 0.05) is 6.04 Å². The van der Waals surface area contributed by atoms with Gasteiger partial charge in [0.15, 0.2) is 0 Å². The number of hydrogen-bond donors (Lipinski definition) is 2. The zero-order valence-electron chi connectivity index (χ0n) is 12.7. The van der Waals surface area contributed by atoms with Crippen molar-refractivity contribution in [1.82, 2.24) is 0 Å². The molecule has 0 heterocycles. The second kappa shape index (κ2) is 9.35. The highest BCUT2D eigenvalue weighted by Crippen LogP contribution is 2.18. The molecule has 0 aliphatic rings. The predicted molar refractivity (Wildman–Crippen MR) is 82.4 cm³/mol. The van der Waals surface area contributed by atoms with E-state index < -0.39 is 0 Å². The first-order valence-electron chi connectivity index (χ1n) is 7.14. The molecule has 0 fully saturated rings. The summed E-state index contributed by atoms with van der Waals surface area (Å²) in [5.41, 5.74) is 11.9. The second-order valence-corrected chi connectivity index (χ2v) is 6.24. The molecular weight excluding hydrogens is 220 g/mol. The van der Waals surface area contributed by atoms with Crippen molar-refractivity contribution < 1.29 is 0 Å². The van der Waals surface area contributed by atoms with Gasteiger partial charge in [-0.3, -0.25) is 0 Å². The van der Waals surface area contributed by atoms with Gasteiger partial charge in [-0.2, -0.15) is 0 Å². The minimum atomic E-state index is 0.233. The Morgan fingerprint density at radius 2 is 1.56 bits per heavy atom. The molecule has 0 saturated carbocycles. The van der Waals surface area contributed by atoms with Gasteiger partial charge in [-0.25, -0.2) is 0 Å². The fraction of sp³-hybridized carbons (Fsp3) is 0.750. The van der Waals surface area contributed by atoms with Crippen molar-refractivity contribution in [3.63, 3.8) is 0 Å². The third-order valence-electron chi connectivity index (χ3n) is 3.32. The smallest absolute Gasteiger partial charge is 0.00966 e. The van der Waals surface area contributed by atoms with E-state index in [1.807, 2.05) is 0 Å². The summed E-state index contributed by atoms with van der Waals surface area (Å²) in [4.78, 5) is 0. The van der Waals surface area contributed by atoms with E-state index in [4.69, 9.17) is 11.5 Å². The maximum atomic E-state index is 5.97. The number of unbranched alkanes of at least 4 members (excludes halogenated alkanes) is 1. The van der Waals surface area contributed by atoms with Crippen molar-refractivity contribution in [1.29, 1.82) is 0 Å². The Morgan fingerprint density at radius 3 is 2.06 bits per heavy atom. The van der Waals surface area contributed by atoms with Crippen LogP contribution >= 0.6 is 0 Å². The van der Waals surface area contributed by atoms with Crippen molar-refractivity contribution >= 4 is 0 Å². The molecule has 0 bridgehead atoms. The van der Waals surface area contributed by atoms with E-state index in [2.05, 4.69) is 52.0 Å². The van der Waals surface area contributed by atoms with Crippen molar-refractivity contribution in [2.24, 2.45) is 22.8 Å². The lowest BCUT2D eigenvalue weighted by molar-refractivity contribution is 0.384. The lowest BCUT2D eigenvalue weighted by Gasteiger charge is -2.19. The van der Waals surface area contributed by atoms with Gasteiger partial charge in [-0.15, -0.1) is 0 Å². The molecule has 0 aliphatic heterocycles. The SMILES string of the molecule is CC(C)C(N)CC=CCCC=CCC(C)(C)CN. The van der Waals surface area contributed by atoms with Gasteiger partial charge < -0.3 is 11.5 Å². The molecule has 0 aromatic rings. The molecule has 1 atom stereocenters. The van der Waals surface area contributed by atoms with E-state index in [1.165, 1.54) is 0 Å². The van der Waals surface area contributed by atoms with Gasteiger partial charge in [0.1, 0.15) is 0 Å². The van der Waals surface area contributed by atoms with Gasteiger partial charge in [0.25, 0.3) is 0 Å². The molecule has 0 radical (unpaired) electrons. The van der Waals surface area contributed by atoms with Gasteiger partial charge >= 0.3 is 0 Å². The highest BCUT2D eigenvalue weighted by atomic mass is 14.6. The Balaban J connectivity index is 3.62. The first-order valence-corrected chi connectivity index (χ1v) is 7.14. The fourth-order valence-corrected chi connectivity index (χ4v) is 1.44. The predicted octanol–water partition coefficient (Wildman–Crippen LogP) is 3.63. The fourth-order valence-electron chi connectivity index (χ4n) is 1.44. The van der Waals surface area contributed by atoms with E-state index in [-0.39, 0.29) is 5.41 Å². The summed E-state index contributed by atoms with van der Waals surface area (Å²) in [6.07, 6.45) is 13.2. The van der Waals surface area contributed by atoms with E-state index >= 15 is 0 Å². The summed E-state index contributed by atoms with van der Waals surface area (Å²) in [7, 11) is 0.